The molecule has 0 N–H and O–H groups in total. The van der Waals surface area contributed by atoms with Gasteiger partial charge in [0, 0.05) is 17.4 Å². The highest BCUT2D eigenvalue weighted by Gasteiger charge is 2.23. The van der Waals surface area contributed by atoms with E-state index in [1.165, 1.54) is 36.6 Å². The van der Waals surface area contributed by atoms with Crippen LogP contribution >= 0.6 is 22.9 Å². The van der Waals surface area contributed by atoms with E-state index in [-0.39, 0.29) is 10.6 Å². The summed E-state index contributed by atoms with van der Waals surface area (Å²) in [6.45, 7) is 0. The van der Waals surface area contributed by atoms with E-state index < -0.39 is 15.7 Å². The van der Waals surface area contributed by atoms with Crippen molar-refractivity contribution in [2.45, 2.75) is 4.90 Å². The minimum atomic E-state index is -3.52. The van der Waals surface area contributed by atoms with Gasteiger partial charge in [-0.2, -0.15) is 0 Å². The van der Waals surface area contributed by atoms with Gasteiger partial charge in [0.1, 0.15) is 5.01 Å². The predicted molar refractivity (Wildman–Crippen MR) is 123 cm³/mol. The first-order chi connectivity index (χ1) is 14.8. The van der Waals surface area contributed by atoms with Crippen molar-refractivity contribution in [1.82, 2.24) is 4.98 Å². The number of aromatic nitrogens is 1. The summed E-state index contributed by atoms with van der Waals surface area (Å²) in [6, 6.07) is 18.5. The van der Waals surface area contributed by atoms with E-state index in [4.69, 9.17) is 21.3 Å². The van der Waals surface area contributed by atoms with Crippen LogP contribution < -0.4 is 4.74 Å². The molecule has 0 saturated carbocycles. The Kier molecular flexibility index (Phi) is 5.83. The SMILES string of the molecule is COc1ccc(-c2sc(-c3ccccc3Cl)nc2-c2ccccc2S(C)(=O)=O)cc1F. The second kappa shape index (κ2) is 8.42. The van der Waals surface area contributed by atoms with Gasteiger partial charge in [-0.1, -0.05) is 48.0 Å². The molecule has 0 spiro atoms. The average Bonchev–Trinajstić information content (AvgIpc) is 3.18. The maximum absolute atomic E-state index is 14.5. The second-order valence-corrected chi connectivity index (χ2v) is 10.2. The zero-order valence-electron chi connectivity index (χ0n) is 16.6. The molecular formula is C23H17ClFNO3S2. The second-order valence-electron chi connectivity index (χ2n) is 6.79. The Morgan fingerprint density at radius 1 is 1.00 bits per heavy atom. The first-order valence-electron chi connectivity index (χ1n) is 9.18. The summed E-state index contributed by atoms with van der Waals surface area (Å²) >= 11 is 7.69. The van der Waals surface area contributed by atoms with E-state index in [1.54, 1.807) is 30.3 Å². The van der Waals surface area contributed by atoms with E-state index >= 15 is 0 Å². The molecule has 31 heavy (non-hydrogen) atoms. The number of methoxy groups -OCH3 is 1. The Morgan fingerprint density at radius 3 is 2.32 bits per heavy atom. The van der Waals surface area contributed by atoms with Gasteiger partial charge in [-0.15, -0.1) is 11.3 Å². The molecule has 0 aliphatic rings. The molecule has 0 unspecified atom stereocenters. The van der Waals surface area contributed by atoms with Crippen LogP contribution in [0.1, 0.15) is 0 Å². The van der Waals surface area contributed by atoms with E-state index in [0.717, 1.165) is 6.26 Å². The zero-order chi connectivity index (χ0) is 22.2. The van der Waals surface area contributed by atoms with E-state index in [9.17, 15) is 12.8 Å². The van der Waals surface area contributed by atoms with Crippen molar-refractivity contribution in [2.75, 3.05) is 13.4 Å². The molecule has 0 amide bonds. The molecule has 0 atom stereocenters. The molecule has 4 aromatic rings. The Morgan fingerprint density at radius 2 is 1.68 bits per heavy atom. The van der Waals surface area contributed by atoms with Crippen molar-refractivity contribution in [3.8, 4) is 38.0 Å². The predicted octanol–water partition coefficient (Wildman–Crippen LogP) is 6.35. The number of halogens is 2. The van der Waals surface area contributed by atoms with Gasteiger partial charge in [-0.3, -0.25) is 0 Å². The van der Waals surface area contributed by atoms with Crippen molar-refractivity contribution >= 4 is 32.8 Å². The highest BCUT2D eigenvalue weighted by atomic mass is 35.5. The minimum Gasteiger partial charge on any atom is -0.494 e. The van der Waals surface area contributed by atoms with E-state index in [2.05, 4.69) is 0 Å². The number of rotatable bonds is 5. The average molecular weight is 474 g/mol. The molecule has 8 heteroatoms. The molecule has 158 valence electrons. The summed E-state index contributed by atoms with van der Waals surface area (Å²) in [5.41, 5.74) is 2.18. The smallest absolute Gasteiger partial charge is 0.176 e. The molecule has 0 bridgehead atoms. The lowest BCUT2D eigenvalue weighted by atomic mass is 10.1. The molecule has 4 nitrogen and oxygen atoms in total. The summed E-state index contributed by atoms with van der Waals surface area (Å²) in [5.74, 6) is -0.396. The van der Waals surface area contributed by atoms with Crippen molar-refractivity contribution in [2.24, 2.45) is 0 Å². The van der Waals surface area contributed by atoms with Gasteiger partial charge in [0.15, 0.2) is 21.4 Å². The third-order valence-electron chi connectivity index (χ3n) is 4.69. The quantitative estimate of drug-likeness (QED) is 0.339. The van der Waals surface area contributed by atoms with Crippen LogP contribution in [0.4, 0.5) is 4.39 Å². The first-order valence-corrected chi connectivity index (χ1v) is 12.3. The standard InChI is InChI=1S/C23H17ClFNO3S2/c1-29-19-12-11-14(13-18(19)25)22-21(16-8-4-6-10-20(16)31(2,27)28)26-23(30-22)15-7-3-5-9-17(15)24/h3-13H,1-2H3. The van der Waals surface area contributed by atoms with Gasteiger partial charge in [-0.25, -0.2) is 17.8 Å². The van der Waals surface area contributed by atoms with Crippen molar-refractivity contribution < 1.29 is 17.5 Å². The Labute approximate surface area is 188 Å². The van der Waals surface area contributed by atoms with Gasteiger partial charge in [0.05, 0.1) is 27.6 Å². The van der Waals surface area contributed by atoms with Crippen LogP contribution in [0.3, 0.4) is 0 Å². The highest BCUT2D eigenvalue weighted by molar-refractivity contribution is 7.90. The van der Waals surface area contributed by atoms with Crippen LogP contribution in [0, 0.1) is 5.82 Å². The maximum atomic E-state index is 14.5. The lowest BCUT2D eigenvalue weighted by Gasteiger charge is -2.09. The van der Waals surface area contributed by atoms with Crippen LogP contribution in [0.2, 0.25) is 5.02 Å². The number of hydrogen-bond acceptors (Lipinski definition) is 5. The fourth-order valence-corrected chi connectivity index (χ4v) is 5.53. The fourth-order valence-electron chi connectivity index (χ4n) is 3.24. The van der Waals surface area contributed by atoms with Crippen molar-refractivity contribution in [3.63, 3.8) is 0 Å². The van der Waals surface area contributed by atoms with Crippen LogP contribution in [0.15, 0.2) is 71.6 Å². The highest BCUT2D eigenvalue weighted by Crippen LogP contribution is 2.44. The van der Waals surface area contributed by atoms with Gasteiger partial charge in [0.25, 0.3) is 0 Å². The monoisotopic (exact) mass is 473 g/mol. The number of nitrogens with zero attached hydrogens (tertiary/aromatic N) is 1. The third-order valence-corrected chi connectivity index (χ3v) is 7.31. The summed E-state index contributed by atoms with van der Waals surface area (Å²) < 4.78 is 44.3. The van der Waals surface area contributed by atoms with E-state index in [1.807, 2.05) is 18.2 Å². The maximum Gasteiger partial charge on any atom is 0.176 e. The third kappa shape index (κ3) is 4.21. The molecule has 1 heterocycles. The minimum absolute atomic E-state index is 0.123. The fraction of sp³-hybridized carbons (Fsp3) is 0.0870. The van der Waals surface area contributed by atoms with Crippen LogP contribution in [-0.4, -0.2) is 26.8 Å². The number of benzene rings is 3. The van der Waals surface area contributed by atoms with Gasteiger partial charge in [-0.05, 0) is 35.9 Å². The summed E-state index contributed by atoms with van der Waals surface area (Å²) in [6.07, 6.45) is 1.15. The Bertz CT molecular complexity index is 1380. The zero-order valence-corrected chi connectivity index (χ0v) is 19.0. The number of thiazole rings is 1. The van der Waals surface area contributed by atoms with E-state index in [0.29, 0.717) is 37.3 Å². The molecule has 4 rings (SSSR count). The van der Waals surface area contributed by atoms with Gasteiger partial charge in [0.2, 0.25) is 0 Å². The largest absolute Gasteiger partial charge is 0.494 e. The molecule has 3 aromatic carbocycles. The van der Waals surface area contributed by atoms with Gasteiger partial charge < -0.3 is 4.74 Å². The Hall–Kier alpha value is -2.74. The molecule has 0 saturated heterocycles. The van der Waals surface area contributed by atoms with Gasteiger partial charge >= 0.3 is 0 Å². The van der Waals surface area contributed by atoms with Crippen LogP contribution in [0.5, 0.6) is 5.75 Å². The lowest BCUT2D eigenvalue weighted by molar-refractivity contribution is 0.386. The molecular weight excluding hydrogens is 457 g/mol. The molecule has 1 aromatic heterocycles. The topological polar surface area (TPSA) is 56.3 Å². The van der Waals surface area contributed by atoms with Crippen molar-refractivity contribution in [1.29, 1.82) is 0 Å². The normalized spacial score (nSPS) is 11.5. The molecule has 0 aliphatic heterocycles. The van der Waals surface area contributed by atoms with Crippen LogP contribution in [-0.2, 0) is 9.84 Å². The number of hydrogen-bond donors (Lipinski definition) is 0. The summed E-state index contributed by atoms with van der Waals surface area (Å²) in [5, 5.41) is 1.13. The first kappa shape index (κ1) is 21.5. The molecule has 0 fully saturated rings. The Balaban J connectivity index is 2.01. The van der Waals surface area contributed by atoms with Crippen LogP contribution in [0.25, 0.3) is 32.3 Å². The lowest BCUT2D eigenvalue weighted by Crippen LogP contribution is -2.00. The molecule has 0 radical (unpaired) electrons. The van der Waals surface area contributed by atoms with Crippen molar-refractivity contribution in [3.05, 3.63) is 77.6 Å². The summed E-state index contributed by atoms with van der Waals surface area (Å²) in [4.78, 5) is 5.54. The number of sulfone groups is 1. The summed E-state index contributed by atoms with van der Waals surface area (Å²) in [7, 11) is -2.12. The molecule has 0 aliphatic carbocycles. The number of ether oxygens (including phenoxy) is 1.